The number of carbonyl (C=O) groups excluding carboxylic acids is 1. The quantitative estimate of drug-likeness (QED) is 0.437. The van der Waals surface area contributed by atoms with Gasteiger partial charge in [-0.2, -0.15) is 0 Å². The summed E-state index contributed by atoms with van der Waals surface area (Å²) in [6.45, 7) is 6.68. The molecule has 4 nitrogen and oxygen atoms in total. The third-order valence-electron chi connectivity index (χ3n) is 2.62. The number of esters is 1. The standard InChI is InChI=1S/C17H22O4/c1-5-20-15-8-6-14(12-16(15)19-4)7-9-17(18)21-11-10-13(2)3/h6-10,12H,5,11H2,1-4H3. The first-order chi connectivity index (χ1) is 10.1. The first-order valence-electron chi connectivity index (χ1n) is 6.85. The first kappa shape index (κ1) is 16.8. The molecule has 0 saturated carbocycles. The maximum atomic E-state index is 11.5. The van der Waals surface area contributed by atoms with Crippen LogP contribution in [0.3, 0.4) is 0 Å². The number of hydrogen-bond acceptors (Lipinski definition) is 4. The predicted molar refractivity (Wildman–Crippen MR) is 83.6 cm³/mol. The van der Waals surface area contributed by atoms with Gasteiger partial charge in [0.2, 0.25) is 0 Å². The number of ether oxygens (including phenoxy) is 3. The van der Waals surface area contributed by atoms with Crippen LogP contribution in [0.5, 0.6) is 11.5 Å². The van der Waals surface area contributed by atoms with E-state index in [1.54, 1.807) is 13.2 Å². The molecule has 0 fully saturated rings. The molecule has 0 aromatic heterocycles. The van der Waals surface area contributed by atoms with Crippen molar-refractivity contribution >= 4 is 12.0 Å². The summed E-state index contributed by atoms with van der Waals surface area (Å²) >= 11 is 0. The van der Waals surface area contributed by atoms with E-state index in [4.69, 9.17) is 14.2 Å². The summed E-state index contributed by atoms with van der Waals surface area (Å²) in [5, 5.41) is 0. The number of hydrogen-bond donors (Lipinski definition) is 0. The third kappa shape index (κ3) is 6.17. The van der Waals surface area contributed by atoms with E-state index < -0.39 is 0 Å². The molecule has 4 heteroatoms. The SMILES string of the molecule is CCOc1ccc(C=CC(=O)OCC=C(C)C)cc1OC. The van der Waals surface area contributed by atoms with Gasteiger partial charge in [0, 0.05) is 6.08 Å². The molecule has 0 aliphatic rings. The number of carbonyl (C=O) groups is 1. The Morgan fingerprint density at radius 3 is 2.62 bits per heavy atom. The van der Waals surface area contributed by atoms with Gasteiger partial charge in [0.1, 0.15) is 6.61 Å². The normalized spacial score (nSPS) is 10.3. The highest BCUT2D eigenvalue weighted by Crippen LogP contribution is 2.28. The van der Waals surface area contributed by atoms with Gasteiger partial charge in [-0.15, -0.1) is 0 Å². The van der Waals surface area contributed by atoms with Crippen molar-refractivity contribution in [3.63, 3.8) is 0 Å². The maximum absolute atomic E-state index is 11.5. The van der Waals surface area contributed by atoms with E-state index in [0.717, 1.165) is 11.1 Å². The summed E-state index contributed by atoms with van der Waals surface area (Å²) in [4.78, 5) is 11.5. The van der Waals surface area contributed by atoms with Gasteiger partial charge >= 0.3 is 5.97 Å². The van der Waals surface area contributed by atoms with Gasteiger partial charge in [-0.05, 0) is 50.6 Å². The van der Waals surface area contributed by atoms with E-state index >= 15 is 0 Å². The van der Waals surface area contributed by atoms with Crippen molar-refractivity contribution in [1.82, 2.24) is 0 Å². The molecule has 0 aliphatic heterocycles. The van der Waals surface area contributed by atoms with Crippen LogP contribution in [-0.2, 0) is 9.53 Å². The van der Waals surface area contributed by atoms with E-state index in [1.165, 1.54) is 6.08 Å². The molecule has 0 spiro atoms. The van der Waals surface area contributed by atoms with E-state index in [-0.39, 0.29) is 12.6 Å². The summed E-state index contributed by atoms with van der Waals surface area (Å²) in [6, 6.07) is 5.48. The zero-order valence-electron chi connectivity index (χ0n) is 13.0. The van der Waals surface area contributed by atoms with E-state index in [1.807, 2.05) is 45.0 Å². The second-order valence-electron chi connectivity index (χ2n) is 4.59. The third-order valence-corrected chi connectivity index (χ3v) is 2.62. The summed E-state index contributed by atoms with van der Waals surface area (Å²) < 4.78 is 15.7. The highest BCUT2D eigenvalue weighted by molar-refractivity contribution is 5.87. The second-order valence-corrected chi connectivity index (χ2v) is 4.59. The van der Waals surface area contributed by atoms with Gasteiger partial charge in [-0.1, -0.05) is 11.6 Å². The fraction of sp³-hybridized carbons (Fsp3) is 0.353. The van der Waals surface area contributed by atoms with Crippen molar-refractivity contribution in [3.8, 4) is 11.5 Å². The Bertz CT molecular complexity index is 526. The molecule has 0 bridgehead atoms. The van der Waals surface area contributed by atoms with Crippen molar-refractivity contribution in [1.29, 1.82) is 0 Å². The van der Waals surface area contributed by atoms with Crippen molar-refractivity contribution in [3.05, 3.63) is 41.5 Å². The van der Waals surface area contributed by atoms with Crippen LogP contribution < -0.4 is 9.47 Å². The molecular weight excluding hydrogens is 268 g/mol. The minimum atomic E-state index is -0.375. The van der Waals surface area contributed by atoms with Crippen LogP contribution >= 0.6 is 0 Å². The molecule has 114 valence electrons. The van der Waals surface area contributed by atoms with Gasteiger partial charge in [-0.25, -0.2) is 4.79 Å². The Kier molecular flexibility index (Phi) is 7.09. The minimum Gasteiger partial charge on any atom is -0.493 e. The van der Waals surface area contributed by atoms with Crippen molar-refractivity contribution < 1.29 is 19.0 Å². The lowest BCUT2D eigenvalue weighted by molar-refractivity contribution is -0.136. The molecule has 0 unspecified atom stereocenters. The smallest absolute Gasteiger partial charge is 0.331 e. The highest BCUT2D eigenvalue weighted by Gasteiger charge is 2.04. The molecule has 1 aromatic rings. The van der Waals surface area contributed by atoms with Crippen molar-refractivity contribution in [2.24, 2.45) is 0 Å². The van der Waals surface area contributed by atoms with Crippen molar-refractivity contribution in [2.75, 3.05) is 20.3 Å². The molecule has 21 heavy (non-hydrogen) atoms. The van der Waals surface area contributed by atoms with Crippen LogP contribution in [0.15, 0.2) is 35.9 Å². The van der Waals surface area contributed by atoms with E-state index in [0.29, 0.717) is 18.1 Å². The molecule has 0 saturated heterocycles. The van der Waals surface area contributed by atoms with Crippen LogP contribution in [-0.4, -0.2) is 26.3 Å². The van der Waals surface area contributed by atoms with Crippen molar-refractivity contribution in [2.45, 2.75) is 20.8 Å². The number of allylic oxidation sites excluding steroid dienone is 1. The summed E-state index contributed by atoms with van der Waals surface area (Å²) in [5.41, 5.74) is 1.96. The number of rotatable bonds is 7. The number of methoxy groups -OCH3 is 1. The molecule has 0 amide bonds. The molecule has 0 N–H and O–H groups in total. The molecule has 0 aliphatic carbocycles. The highest BCUT2D eigenvalue weighted by atomic mass is 16.5. The average Bonchev–Trinajstić information content (AvgIpc) is 2.46. The Labute approximate surface area is 126 Å². The van der Waals surface area contributed by atoms with Crippen LogP contribution in [0.4, 0.5) is 0 Å². The average molecular weight is 290 g/mol. The fourth-order valence-corrected chi connectivity index (χ4v) is 1.57. The molecule has 0 heterocycles. The topological polar surface area (TPSA) is 44.8 Å². The lowest BCUT2D eigenvalue weighted by Crippen LogP contribution is -2.00. The summed E-state index contributed by atoms with van der Waals surface area (Å²) in [5.74, 6) is 0.945. The van der Waals surface area contributed by atoms with Gasteiger partial charge in [0.05, 0.1) is 13.7 Å². The summed E-state index contributed by atoms with van der Waals surface area (Å²) in [7, 11) is 1.58. The minimum absolute atomic E-state index is 0.290. The van der Waals surface area contributed by atoms with Gasteiger partial charge in [-0.3, -0.25) is 0 Å². The second kappa shape index (κ2) is 8.84. The molecule has 0 atom stereocenters. The lowest BCUT2D eigenvalue weighted by Gasteiger charge is -2.09. The molecular formula is C17H22O4. The molecule has 0 radical (unpaired) electrons. The Morgan fingerprint density at radius 2 is 2.00 bits per heavy atom. The zero-order chi connectivity index (χ0) is 15.7. The van der Waals surface area contributed by atoms with E-state index in [9.17, 15) is 4.79 Å². The van der Waals surface area contributed by atoms with Crippen LogP contribution in [0.2, 0.25) is 0 Å². The lowest BCUT2D eigenvalue weighted by atomic mass is 10.2. The van der Waals surface area contributed by atoms with Crippen LogP contribution in [0, 0.1) is 0 Å². The molecule has 1 aromatic carbocycles. The van der Waals surface area contributed by atoms with E-state index in [2.05, 4.69) is 0 Å². The Morgan fingerprint density at radius 1 is 1.24 bits per heavy atom. The predicted octanol–water partition coefficient (Wildman–Crippen LogP) is 3.62. The number of benzene rings is 1. The maximum Gasteiger partial charge on any atom is 0.331 e. The van der Waals surface area contributed by atoms with Crippen LogP contribution in [0.1, 0.15) is 26.3 Å². The van der Waals surface area contributed by atoms with Gasteiger partial charge in [0.15, 0.2) is 11.5 Å². The Balaban J connectivity index is 2.67. The van der Waals surface area contributed by atoms with Gasteiger partial charge in [0.25, 0.3) is 0 Å². The van der Waals surface area contributed by atoms with Gasteiger partial charge < -0.3 is 14.2 Å². The fourth-order valence-electron chi connectivity index (χ4n) is 1.57. The monoisotopic (exact) mass is 290 g/mol. The molecule has 1 rings (SSSR count). The summed E-state index contributed by atoms with van der Waals surface area (Å²) in [6.07, 6.45) is 4.93. The van der Waals surface area contributed by atoms with Crippen LogP contribution in [0.25, 0.3) is 6.08 Å². The first-order valence-corrected chi connectivity index (χ1v) is 6.85. The zero-order valence-corrected chi connectivity index (χ0v) is 13.0. The Hall–Kier alpha value is -2.23. The largest absolute Gasteiger partial charge is 0.493 e.